The van der Waals surface area contributed by atoms with Crippen LogP contribution in [-0.2, 0) is 14.2 Å². The topological polar surface area (TPSA) is 27.7 Å². The molecule has 0 atom stereocenters. The van der Waals surface area contributed by atoms with Crippen molar-refractivity contribution in [2.75, 3.05) is 20.8 Å². The van der Waals surface area contributed by atoms with Crippen LogP contribution in [0.3, 0.4) is 0 Å². The van der Waals surface area contributed by atoms with E-state index in [0.717, 1.165) is 19.4 Å². The van der Waals surface area contributed by atoms with Crippen LogP contribution in [0.4, 0.5) is 0 Å². The van der Waals surface area contributed by atoms with Crippen LogP contribution in [0.15, 0.2) is 12.3 Å². The van der Waals surface area contributed by atoms with Gasteiger partial charge in [-0.2, -0.15) is 0 Å². The summed E-state index contributed by atoms with van der Waals surface area (Å²) in [6.07, 6.45) is 15.0. The van der Waals surface area contributed by atoms with Gasteiger partial charge in [-0.3, -0.25) is 0 Å². The highest BCUT2D eigenvalue weighted by Crippen LogP contribution is 2.19. The van der Waals surface area contributed by atoms with Gasteiger partial charge in [0.15, 0.2) is 5.79 Å². The van der Waals surface area contributed by atoms with Crippen LogP contribution >= 0.6 is 0 Å². The molecule has 0 aromatic carbocycles. The first kappa shape index (κ1) is 23.7. The molecule has 0 N–H and O–H groups in total. The van der Waals surface area contributed by atoms with Gasteiger partial charge in [-0.1, -0.05) is 58.4 Å². The molecule has 0 spiro atoms. The standard InChI is InChI=1S/C13H28O2.C6H12O/c1-5-6-7-8-9-10-11-12-13(2,14-3)15-4;1-3-5-7-6-4-2/h5-12H2,1-4H3;3,5H,4,6H2,1-2H3. The molecule has 0 saturated heterocycles. The normalized spacial score (nSPS) is 11.4. The van der Waals surface area contributed by atoms with Crippen molar-refractivity contribution in [3.8, 4) is 0 Å². The third-order valence-corrected chi connectivity index (χ3v) is 3.65. The predicted octanol–water partition coefficient (Wildman–Crippen LogP) is 6.08. The second kappa shape index (κ2) is 18.5. The summed E-state index contributed by atoms with van der Waals surface area (Å²) in [7, 11) is 3.43. The van der Waals surface area contributed by atoms with E-state index in [-0.39, 0.29) is 5.79 Å². The molecule has 134 valence electrons. The van der Waals surface area contributed by atoms with Crippen LogP contribution in [0.25, 0.3) is 0 Å². The quantitative estimate of drug-likeness (QED) is 0.234. The lowest BCUT2D eigenvalue weighted by molar-refractivity contribution is -0.197. The van der Waals surface area contributed by atoms with Gasteiger partial charge in [-0.25, -0.2) is 0 Å². The molecule has 0 saturated carbocycles. The fourth-order valence-electron chi connectivity index (χ4n) is 1.97. The monoisotopic (exact) mass is 316 g/mol. The Morgan fingerprint density at radius 3 is 1.82 bits per heavy atom. The van der Waals surface area contributed by atoms with Gasteiger partial charge in [0.25, 0.3) is 0 Å². The molecule has 0 unspecified atom stereocenters. The molecule has 3 nitrogen and oxygen atoms in total. The van der Waals surface area contributed by atoms with Gasteiger partial charge in [0.1, 0.15) is 0 Å². The Hall–Kier alpha value is -0.540. The first-order valence-electron chi connectivity index (χ1n) is 8.93. The Kier molecular flexibility index (Phi) is 20.0. The lowest BCUT2D eigenvalue weighted by atomic mass is 10.1. The summed E-state index contributed by atoms with van der Waals surface area (Å²) in [6, 6.07) is 0. The zero-order chi connectivity index (χ0) is 17.1. The van der Waals surface area contributed by atoms with E-state index in [1.807, 2.05) is 19.9 Å². The average Bonchev–Trinajstić information content (AvgIpc) is 2.55. The molecule has 0 aromatic heterocycles. The molecule has 0 bridgehead atoms. The summed E-state index contributed by atoms with van der Waals surface area (Å²) >= 11 is 0. The van der Waals surface area contributed by atoms with Crippen LogP contribution in [-0.4, -0.2) is 26.6 Å². The molecule has 0 heterocycles. The molecule has 22 heavy (non-hydrogen) atoms. The average molecular weight is 317 g/mol. The molecular formula is C19H40O3. The van der Waals surface area contributed by atoms with Crippen molar-refractivity contribution in [3.63, 3.8) is 0 Å². The Morgan fingerprint density at radius 2 is 1.36 bits per heavy atom. The molecule has 0 aromatic rings. The highest BCUT2D eigenvalue weighted by molar-refractivity contribution is 4.64. The summed E-state index contributed by atoms with van der Waals surface area (Å²) in [5.41, 5.74) is 0. The van der Waals surface area contributed by atoms with Crippen molar-refractivity contribution in [2.45, 2.75) is 91.3 Å². The molecule has 0 aliphatic heterocycles. The predicted molar refractivity (Wildman–Crippen MR) is 96.1 cm³/mol. The van der Waals surface area contributed by atoms with E-state index in [9.17, 15) is 0 Å². The van der Waals surface area contributed by atoms with Crippen molar-refractivity contribution < 1.29 is 14.2 Å². The largest absolute Gasteiger partial charge is 0.502 e. The maximum absolute atomic E-state index is 5.31. The SMILES string of the molecule is CC=COCCC.CCCCCCCCCC(C)(OC)OC. The maximum atomic E-state index is 5.31. The van der Waals surface area contributed by atoms with Crippen molar-refractivity contribution in [1.29, 1.82) is 0 Å². The van der Waals surface area contributed by atoms with E-state index in [4.69, 9.17) is 14.2 Å². The highest BCUT2D eigenvalue weighted by atomic mass is 16.7. The number of hydrogen-bond donors (Lipinski definition) is 0. The van der Waals surface area contributed by atoms with E-state index < -0.39 is 0 Å². The number of unbranched alkanes of at least 4 members (excludes halogenated alkanes) is 6. The van der Waals surface area contributed by atoms with Gasteiger partial charge >= 0.3 is 0 Å². The van der Waals surface area contributed by atoms with Gasteiger partial charge in [0, 0.05) is 20.6 Å². The van der Waals surface area contributed by atoms with Gasteiger partial charge in [0.2, 0.25) is 0 Å². The van der Waals surface area contributed by atoms with Gasteiger partial charge < -0.3 is 14.2 Å². The minimum atomic E-state index is -0.372. The Bertz CT molecular complexity index is 223. The van der Waals surface area contributed by atoms with E-state index >= 15 is 0 Å². The molecule has 0 aliphatic carbocycles. The summed E-state index contributed by atoms with van der Waals surface area (Å²) in [5.74, 6) is -0.372. The summed E-state index contributed by atoms with van der Waals surface area (Å²) in [4.78, 5) is 0. The lowest BCUT2D eigenvalue weighted by Gasteiger charge is -2.26. The second-order valence-corrected chi connectivity index (χ2v) is 5.75. The van der Waals surface area contributed by atoms with E-state index in [1.54, 1.807) is 20.5 Å². The fourth-order valence-corrected chi connectivity index (χ4v) is 1.97. The Balaban J connectivity index is 0. The lowest BCUT2D eigenvalue weighted by Crippen LogP contribution is -2.29. The summed E-state index contributed by atoms with van der Waals surface area (Å²) in [6.45, 7) is 9.12. The van der Waals surface area contributed by atoms with Crippen molar-refractivity contribution in [2.24, 2.45) is 0 Å². The maximum Gasteiger partial charge on any atom is 0.164 e. The van der Waals surface area contributed by atoms with E-state index in [0.29, 0.717) is 0 Å². The van der Waals surface area contributed by atoms with Crippen LogP contribution < -0.4 is 0 Å². The van der Waals surface area contributed by atoms with Crippen molar-refractivity contribution >= 4 is 0 Å². The molecule has 0 aliphatic rings. The zero-order valence-corrected chi connectivity index (χ0v) is 16.0. The number of methoxy groups -OCH3 is 2. The molecule has 0 radical (unpaired) electrons. The van der Waals surface area contributed by atoms with Crippen molar-refractivity contribution in [1.82, 2.24) is 0 Å². The van der Waals surface area contributed by atoms with Crippen LogP contribution in [0.5, 0.6) is 0 Å². The molecular weight excluding hydrogens is 276 g/mol. The molecule has 0 rings (SSSR count). The minimum absolute atomic E-state index is 0.372. The number of ether oxygens (including phenoxy) is 3. The highest BCUT2D eigenvalue weighted by Gasteiger charge is 2.21. The van der Waals surface area contributed by atoms with Crippen LogP contribution in [0.2, 0.25) is 0 Å². The molecule has 0 amide bonds. The third-order valence-electron chi connectivity index (χ3n) is 3.65. The third kappa shape index (κ3) is 17.5. The van der Waals surface area contributed by atoms with E-state index in [1.165, 1.54) is 44.9 Å². The molecule has 0 fully saturated rings. The fraction of sp³-hybridized carbons (Fsp3) is 0.895. The first-order chi connectivity index (χ1) is 10.6. The Morgan fingerprint density at radius 1 is 0.818 bits per heavy atom. The number of hydrogen-bond acceptors (Lipinski definition) is 3. The smallest absolute Gasteiger partial charge is 0.164 e. The summed E-state index contributed by atoms with van der Waals surface area (Å²) in [5, 5.41) is 0. The number of rotatable bonds is 13. The van der Waals surface area contributed by atoms with Crippen LogP contribution in [0, 0.1) is 0 Å². The second-order valence-electron chi connectivity index (χ2n) is 5.75. The zero-order valence-electron chi connectivity index (χ0n) is 16.0. The summed E-state index contributed by atoms with van der Waals surface area (Å²) < 4.78 is 15.6. The van der Waals surface area contributed by atoms with Gasteiger partial charge in [0.05, 0.1) is 12.9 Å². The van der Waals surface area contributed by atoms with Gasteiger partial charge in [-0.05, 0) is 26.7 Å². The first-order valence-corrected chi connectivity index (χ1v) is 8.93. The minimum Gasteiger partial charge on any atom is -0.502 e. The number of allylic oxidation sites excluding steroid dienone is 1. The van der Waals surface area contributed by atoms with Crippen molar-refractivity contribution in [3.05, 3.63) is 12.3 Å². The van der Waals surface area contributed by atoms with Gasteiger partial charge in [-0.15, -0.1) is 0 Å². The van der Waals surface area contributed by atoms with E-state index in [2.05, 4.69) is 13.8 Å². The Labute approximate surface area is 139 Å². The van der Waals surface area contributed by atoms with Crippen LogP contribution in [0.1, 0.15) is 85.5 Å². The molecule has 3 heteroatoms.